The van der Waals surface area contributed by atoms with Crippen LogP contribution in [0.4, 0.5) is 0 Å². The van der Waals surface area contributed by atoms with Crippen molar-refractivity contribution in [1.82, 2.24) is 15.2 Å². The van der Waals surface area contributed by atoms with Crippen molar-refractivity contribution in [2.45, 2.75) is 45.1 Å². The molecular weight excluding hydrogens is 236 g/mol. The first-order chi connectivity index (χ1) is 9.27. The lowest BCUT2D eigenvalue weighted by atomic mass is 10.0. The second kappa shape index (κ2) is 6.68. The number of aromatic nitrogens is 2. The lowest BCUT2D eigenvalue weighted by molar-refractivity contribution is 0.470. The maximum Gasteiger partial charge on any atom is 0.0886 e. The maximum absolute atomic E-state index is 5.72. The van der Waals surface area contributed by atoms with E-state index in [1.165, 1.54) is 31.1 Å². The number of unbranched alkanes of at least 4 members (excludes halogenated alkanes) is 3. The summed E-state index contributed by atoms with van der Waals surface area (Å²) in [6.07, 6.45) is 6.04. The number of hydrogen-bond acceptors (Lipinski definition) is 3. The molecule has 0 radical (unpaired) electrons. The molecule has 19 heavy (non-hydrogen) atoms. The lowest BCUT2D eigenvalue weighted by Crippen LogP contribution is -2.28. The summed E-state index contributed by atoms with van der Waals surface area (Å²) in [5.41, 5.74) is 5.15. The average Bonchev–Trinajstić information content (AvgIpc) is 2.77. The summed E-state index contributed by atoms with van der Waals surface area (Å²) < 4.78 is 1.93. The molecule has 0 bridgehead atoms. The van der Waals surface area contributed by atoms with Crippen LogP contribution in [0.3, 0.4) is 0 Å². The van der Waals surface area contributed by atoms with Crippen LogP contribution in [-0.2, 0) is 7.05 Å². The molecule has 2 rings (SSSR count). The van der Waals surface area contributed by atoms with Crippen molar-refractivity contribution in [3.8, 4) is 0 Å². The molecule has 1 heterocycles. The summed E-state index contributed by atoms with van der Waals surface area (Å²) >= 11 is 0. The van der Waals surface area contributed by atoms with Crippen LogP contribution in [0.1, 0.15) is 50.8 Å². The highest BCUT2D eigenvalue weighted by molar-refractivity contribution is 5.82. The molecule has 0 saturated heterocycles. The summed E-state index contributed by atoms with van der Waals surface area (Å²) in [4.78, 5) is 0. The van der Waals surface area contributed by atoms with E-state index in [9.17, 15) is 0 Å². The van der Waals surface area contributed by atoms with Gasteiger partial charge in [0.1, 0.15) is 0 Å². The first-order valence-corrected chi connectivity index (χ1v) is 7.15. The van der Waals surface area contributed by atoms with Gasteiger partial charge < -0.3 is 0 Å². The van der Waals surface area contributed by atoms with Crippen molar-refractivity contribution in [1.29, 1.82) is 0 Å². The van der Waals surface area contributed by atoms with Crippen LogP contribution in [-0.4, -0.2) is 9.78 Å². The quantitative estimate of drug-likeness (QED) is 0.457. The van der Waals surface area contributed by atoms with Gasteiger partial charge in [0.25, 0.3) is 0 Å². The number of rotatable bonds is 7. The van der Waals surface area contributed by atoms with Crippen molar-refractivity contribution in [2.24, 2.45) is 12.9 Å². The fourth-order valence-corrected chi connectivity index (χ4v) is 2.57. The molecule has 3 N–H and O–H groups in total. The van der Waals surface area contributed by atoms with E-state index >= 15 is 0 Å². The largest absolute Gasteiger partial charge is 0.271 e. The second-order valence-electron chi connectivity index (χ2n) is 5.09. The fourth-order valence-electron chi connectivity index (χ4n) is 2.57. The van der Waals surface area contributed by atoms with E-state index in [0.29, 0.717) is 0 Å². The SMILES string of the molecule is CCCCCCC(NN)c1nn(C)c2ccccc12. The summed E-state index contributed by atoms with van der Waals surface area (Å²) in [5.74, 6) is 5.72. The third-order valence-corrected chi connectivity index (χ3v) is 3.66. The van der Waals surface area contributed by atoms with Crippen molar-refractivity contribution < 1.29 is 0 Å². The van der Waals surface area contributed by atoms with Gasteiger partial charge in [-0.15, -0.1) is 0 Å². The van der Waals surface area contributed by atoms with Crippen molar-refractivity contribution in [3.05, 3.63) is 30.0 Å². The second-order valence-corrected chi connectivity index (χ2v) is 5.09. The van der Waals surface area contributed by atoms with Gasteiger partial charge in [-0.2, -0.15) is 5.10 Å². The van der Waals surface area contributed by atoms with Gasteiger partial charge in [-0.3, -0.25) is 16.0 Å². The van der Waals surface area contributed by atoms with Crippen LogP contribution < -0.4 is 11.3 Å². The third-order valence-electron chi connectivity index (χ3n) is 3.66. The molecule has 0 fully saturated rings. The van der Waals surface area contributed by atoms with Crippen LogP contribution in [0.2, 0.25) is 0 Å². The minimum absolute atomic E-state index is 0.142. The smallest absolute Gasteiger partial charge is 0.0886 e. The maximum atomic E-state index is 5.72. The Labute approximate surface area is 114 Å². The summed E-state index contributed by atoms with van der Waals surface area (Å²) in [6.45, 7) is 2.23. The number of nitrogens with one attached hydrogen (secondary N) is 1. The van der Waals surface area contributed by atoms with Gasteiger partial charge in [0.15, 0.2) is 0 Å². The molecule has 1 atom stereocenters. The van der Waals surface area contributed by atoms with Gasteiger partial charge in [0.05, 0.1) is 17.3 Å². The monoisotopic (exact) mass is 260 g/mol. The number of para-hydroxylation sites is 1. The Morgan fingerprint density at radius 2 is 2.05 bits per heavy atom. The Hall–Kier alpha value is -1.39. The lowest BCUT2D eigenvalue weighted by Gasteiger charge is -2.13. The highest BCUT2D eigenvalue weighted by atomic mass is 15.3. The van der Waals surface area contributed by atoms with E-state index in [4.69, 9.17) is 5.84 Å². The van der Waals surface area contributed by atoms with Crippen LogP contribution in [0.15, 0.2) is 24.3 Å². The van der Waals surface area contributed by atoms with E-state index in [-0.39, 0.29) is 6.04 Å². The van der Waals surface area contributed by atoms with E-state index in [1.807, 2.05) is 17.8 Å². The highest BCUT2D eigenvalue weighted by Gasteiger charge is 2.17. The molecule has 0 amide bonds. The van der Waals surface area contributed by atoms with Gasteiger partial charge in [0.2, 0.25) is 0 Å². The Morgan fingerprint density at radius 1 is 1.26 bits per heavy atom. The molecule has 0 aliphatic rings. The normalized spacial score (nSPS) is 13.0. The van der Waals surface area contributed by atoms with Gasteiger partial charge in [0, 0.05) is 12.4 Å². The summed E-state index contributed by atoms with van der Waals surface area (Å²) in [5, 5.41) is 5.83. The molecule has 4 nitrogen and oxygen atoms in total. The average molecular weight is 260 g/mol. The summed E-state index contributed by atoms with van der Waals surface area (Å²) in [7, 11) is 1.98. The number of aryl methyl sites for hydroxylation is 1. The predicted molar refractivity (Wildman–Crippen MR) is 79.5 cm³/mol. The Balaban J connectivity index is 2.16. The Bertz CT molecular complexity index is 518. The number of hydrazine groups is 1. The number of fused-ring (bicyclic) bond motifs is 1. The molecule has 0 spiro atoms. The minimum atomic E-state index is 0.142. The molecule has 0 aliphatic heterocycles. The molecule has 0 aliphatic carbocycles. The predicted octanol–water partition coefficient (Wildman–Crippen LogP) is 3.05. The zero-order chi connectivity index (χ0) is 13.7. The van der Waals surface area contributed by atoms with E-state index < -0.39 is 0 Å². The standard InChI is InChI=1S/C15H24N4/c1-3-4-5-6-10-13(17-16)15-12-9-7-8-11-14(12)19(2)18-15/h7-9,11,13,17H,3-6,10,16H2,1-2H3. The van der Waals surface area contributed by atoms with Gasteiger partial charge >= 0.3 is 0 Å². The fraction of sp³-hybridized carbons (Fsp3) is 0.533. The van der Waals surface area contributed by atoms with E-state index in [2.05, 4.69) is 35.6 Å². The molecule has 104 valence electrons. The minimum Gasteiger partial charge on any atom is -0.271 e. The molecule has 1 unspecified atom stereocenters. The van der Waals surface area contributed by atoms with Crippen LogP contribution in [0.5, 0.6) is 0 Å². The number of nitrogens with zero attached hydrogens (tertiary/aromatic N) is 2. The Morgan fingerprint density at radius 3 is 2.79 bits per heavy atom. The zero-order valence-electron chi connectivity index (χ0n) is 11.9. The van der Waals surface area contributed by atoms with Crippen LogP contribution >= 0.6 is 0 Å². The molecule has 1 aromatic heterocycles. The Kier molecular flexibility index (Phi) is 4.93. The molecule has 4 heteroatoms. The van der Waals surface area contributed by atoms with Crippen LogP contribution in [0.25, 0.3) is 10.9 Å². The van der Waals surface area contributed by atoms with Gasteiger partial charge in [-0.1, -0.05) is 50.8 Å². The van der Waals surface area contributed by atoms with Crippen molar-refractivity contribution in [3.63, 3.8) is 0 Å². The van der Waals surface area contributed by atoms with Gasteiger partial charge in [-0.05, 0) is 12.5 Å². The van der Waals surface area contributed by atoms with E-state index in [0.717, 1.165) is 17.6 Å². The number of nitrogens with two attached hydrogens (primary N) is 1. The molecule has 0 saturated carbocycles. The third kappa shape index (κ3) is 3.14. The van der Waals surface area contributed by atoms with Crippen molar-refractivity contribution >= 4 is 10.9 Å². The first kappa shape index (κ1) is 14.0. The number of benzene rings is 1. The molecule has 1 aromatic carbocycles. The molecular formula is C15H24N4. The van der Waals surface area contributed by atoms with E-state index in [1.54, 1.807) is 0 Å². The van der Waals surface area contributed by atoms with Crippen molar-refractivity contribution in [2.75, 3.05) is 0 Å². The highest BCUT2D eigenvalue weighted by Crippen LogP contribution is 2.26. The van der Waals surface area contributed by atoms with Crippen LogP contribution in [0, 0.1) is 0 Å². The summed E-state index contributed by atoms with van der Waals surface area (Å²) in [6, 6.07) is 8.45. The zero-order valence-corrected chi connectivity index (χ0v) is 11.9. The number of hydrogen-bond donors (Lipinski definition) is 2. The topological polar surface area (TPSA) is 55.9 Å². The van der Waals surface area contributed by atoms with Gasteiger partial charge in [-0.25, -0.2) is 0 Å². The molecule has 2 aromatic rings. The first-order valence-electron chi connectivity index (χ1n) is 7.15.